The van der Waals surface area contributed by atoms with Crippen LogP contribution >= 0.6 is 11.6 Å². The number of aromatic nitrogens is 2. The molecular weight excluding hydrogens is 190 g/mol. The molecule has 70 valence electrons. The van der Waals surface area contributed by atoms with Crippen LogP contribution in [0.3, 0.4) is 0 Å². The van der Waals surface area contributed by atoms with Crippen LogP contribution in [0.25, 0.3) is 0 Å². The summed E-state index contributed by atoms with van der Waals surface area (Å²) in [5.74, 6) is -0.412. The standard InChI is InChI=1S/C8H10ClN3O/c9-7-1-2-8(11-10-7)12-3-5-13-6-4-12/h1-2H,3-6H2/i3D2,4D2,5D2,6D2. The largest absolute Gasteiger partial charge is 0.378 e. The van der Waals surface area contributed by atoms with Crippen molar-refractivity contribution in [1.29, 1.82) is 0 Å². The molecule has 4 nitrogen and oxygen atoms in total. The van der Waals surface area contributed by atoms with Gasteiger partial charge in [-0.25, -0.2) is 0 Å². The molecule has 0 aliphatic carbocycles. The summed E-state index contributed by atoms with van der Waals surface area (Å²) in [6, 6.07) is 2.32. The van der Waals surface area contributed by atoms with Gasteiger partial charge in [-0.15, -0.1) is 10.2 Å². The zero-order chi connectivity index (χ0) is 16.3. The third-order valence-corrected chi connectivity index (χ3v) is 1.47. The number of anilines is 1. The van der Waals surface area contributed by atoms with Crippen molar-refractivity contribution in [2.45, 2.75) is 0 Å². The lowest BCUT2D eigenvalue weighted by Crippen LogP contribution is -2.36. The lowest BCUT2D eigenvalue weighted by Gasteiger charge is -2.27. The summed E-state index contributed by atoms with van der Waals surface area (Å²) in [6.07, 6.45) is 0. The van der Waals surface area contributed by atoms with Crippen LogP contribution in [0, 0.1) is 0 Å². The first-order chi connectivity index (χ1) is 9.33. The van der Waals surface area contributed by atoms with Crippen molar-refractivity contribution in [3.8, 4) is 0 Å². The Kier molecular flexibility index (Phi) is 1.01. The molecule has 1 saturated heterocycles. The first-order valence-electron chi connectivity index (χ1n) is 7.33. The van der Waals surface area contributed by atoms with E-state index in [0.717, 1.165) is 6.07 Å². The first kappa shape index (κ1) is 3.37. The summed E-state index contributed by atoms with van der Waals surface area (Å²) >= 11 is 5.55. The highest BCUT2D eigenvalue weighted by Crippen LogP contribution is 2.12. The Balaban J connectivity index is 2.64. The van der Waals surface area contributed by atoms with Crippen LogP contribution in [0.15, 0.2) is 12.1 Å². The van der Waals surface area contributed by atoms with Crippen LogP contribution < -0.4 is 4.90 Å². The van der Waals surface area contributed by atoms with E-state index < -0.39 is 31.9 Å². The van der Waals surface area contributed by atoms with Crippen molar-refractivity contribution >= 4 is 17.4 Å². The predicted molar refractivity (Wildman–Crippen MR) is 50.1 cm³/mol. The van der Waals surface area contributed by atoms with Gasteiger partial charge in [-0.05, 0) is 12.1 Å². The van der Waals surface area contributed by atoms with E-state index in [1.807, 2.05) is 0 Å². The van der Waals surface area contributed by atoms with E-state index in [1.165, 1.54) is 6.07 Å². The maximum atomic E-state index is 7.79. The molecule has 0 aromatic carbocycles. The third kappa shape index (κ3) is 2.08. The van der Waals surface area contributed by atoms with Crippen molar-refractivity contribution in [3.05, 3.63) is 17.3 Å². The molecule has 0 spiro atoms. The molecule has 0 radical (unpaired) electrons. The number of hydrogen-bond acceptors (Lipinski definition) is 4. The van der Waals surface area contributed by atoms with E-state index >= 15 is 0 Å². The topological polar surface area (TPSA) is 38.2 Å². The predicted octanol–water partition coefficient (Wildman–Crippen LogP) is 0.967. The van der Waals surface area contributed by atoms with Gasteiger partial charge in [0.2, 0.25) is 0 Å². The molecule has 0 unspecified atom stereocenters. The Morgan fingerprint density at radius 2 is 2.15 bits per heavy atom. The molecule has 0 bridgehead atoms. The number of ether oxygens (including phenoxy) is 1. The second kappa shape index (κ2) is 3.89. The van der Waals surface area contributed by atoms with Crippen LogP contribution in [0.4, 0.5) is 5.82 Å². The van der Waals surface area contributed by atoms with Gasteiger partial charge in [-0.3, -0.25) is 0 Å². The molecule has 2 rings (SSSR count). The van der Waals surface area contributed by atoms with Crippen molar-refractivity contribution in [1.82, 2.24) is 10.2 Å². The van der Waals surface area contributed by atoms with E-state index in [2.05, 4.69) is 14.9 Å². The molecule has 1 fully saturated rings. The minimum Gasteiger partial charge on any atom is -0.378 e. The number of morpholine rings is 1. The molecule has 1 aliphatic rings. The van der Waals surface area contributed by atoms with E-state index in [1.54, 1.807) is 0 Å². The zero-order valence-electron chi connectivity index (χ0n) is 14.3. The molecule has 2 heterocycles. The second-order valence-corrected chi connectivity index (χ2v) is 2.47. The molecule has 0 N–H and O–H groups in total. The van der Waals surface area contributed by atoms with E-state index in [0.29, 0.717) is 0 Å². The highest BCUT2D eigenvalue weighted by Gasteiger charge is 2.11. The smallest absolute Gasteiger partial charge is 0.151 e. The summed E-state index contributed by atoms with van der Waals surface area (Å²) in [6.45, 7) is -12.3. The van der Waals surface area contributed by atoms with Gasteiger partial charge >= 0.3 is 0 Å². The van der Waals surface area contributed by atoms with E-state index in [9.17, 15) is 0 Å². The van der Waals surface area contributed by atoms with Gasteiger partial charge in [-0.1, -0.05) is 11.6 Å². The van der Waals surface area contributed by atoms with Crippen LogP contribution in [-0.2, 0) is 4.74 Å². The normalized spacial score (nSPS) is 42.1. The van der Waals surface area contributed by atoms with Gasteiger partial charge in [0.1, 0.15) is 0 Å². The summed E-state index contributed by atoms with van der Waals surface area (Å²) in [5.41, 5.74) is 0. The average molecular weight is 208 g/mol. The van der Waals surface area contributed by atoms with Crippen LogP contribution in [-0.4, -0.2) is 36.3 Å². The molecule has 13 heavy (non-hydrogen) atoms. The molecule has 0 amide bonds. The summed E-state index contributed by atoms with van der Waals surface area (Å²) in [4.78, 5) is 0.229. The summed E-state index contributed by atoms with van der Waals surface area (Å²) in [5, 5.41) is 6.91. The maximum Gasteiger partial charge on any atom is 0.151 e. The molecule has 1 aliphatic heterocycles. The lowest BCUT2D eigenvalue weighted by atomic mass is 10.4. The lowest BCUT2D eigenvalue weighted by molar-refractivity contribution is 0.122. The molecule has 0 saturated carbocycles. The molecule has 0 atom stereocenters. The minimum absolute atomic E-state index is 0.0286. The molecule has 1 aromatic heterocycles. The number of nitrogens with zero attached hydrogens (tertiary/aromatic N) is 3. The van der Waals surface area contributed by atoms with E-state index in [4.69, 9.17) is 22.6 Å². The van der Waals surface area contributed by atoms with Gasteiger partial charge in [0.05, 0.1) is 24.1 Å². The van der Waals surface area contributed by atoms with Crippen molar-refractivity contribution in [2.75, 3.05) is 31.0 Å². The van der Waals surface area contributed by atoms with Gasteiger partial charge in [-0.2, -0.15) is 0 Å². The average Bonchev–Trinajstić information content (AvgIpc) is 2.28. The Morgan fingerprint density at radius 3 is 2.77 bits per heavy atom. The summed E-state index contributed by atoms with van der Waals surface area (Å²) in [7, 11) is 0. The SMILES string of the molecule is [2H]C1([2H])OC([2H])([2H])C([2H])([2H])N(c2ccc(Cl)nn2)C1([2H])[2H]. The Labute approximate surface area is 92.7 Å². The Bertz CT molecular complexity index is 525. The number of rotatable bonds is 1. The van der Waals surface area contributed by atoms with Crippen LogP contribution in [0.5, 0.6) is 0 Å². The quantitative estimate of drug-likeness (QED) is 0.688. The van der Waals surface area contributed by atoms with Gasteiger partial charge in [0.25, 0.3) is 0 Å². The highest BCUT2D eigenvalue weighted by molar-refractivity contribution is 6.29. The van der Waals surface area contributed by atoms with Crippen molar-refractivity contribution in [3.63, 3.8) is 0 Å². The van der Waals surface area contributed by atoms with Crippen molar-refractivity contribution < 1.29 is 15.7 Å². The van der Waals surface area contributed by atoms with Gasteiger partial charge < -0.3 is 9.64 Å². The first-order valence-corrected chi connectivity index (χ1v) is 3.70. The fourth-order valence-electron chi connectivity index (χ4n) is 0.733. The van der Waals surface area contributed by atoms with Crippen LogP contribution in [0.1, 0.15) is 11.0 Å². The maximum absolute atomic E-state index is 7.79. The van der Waals surface area contributed by atoms with Crippen molar-refractivity contribution in [2.24, 2.45) is 0 Å². The molecule has 5 heteroatoms. The number of hydrogen-bond donors (Lipinski definition) is 0. The Morgan fingerprint density at radius 1 is 1.38 bits per heavy atom. The van der Waals surface area contributed by atoms with Crippen LogP contribution in [0.2, 0.25) is 5.15 Å². The Hall–Kier alpha value is -0.870. The van der Waals surface area contributed by atoms with Gasteiger partial charge in [0, 0.05) is 13.0 Å². The zero-order valence-corrected chi connectivity index (χ0v) is 7.04. The van der Waals surface area contributed by atoms with E-state index in [-0.39, 0.29) is 10.1 Å². The second-order valence-electron chi connectivity index (χ2n) is 2.08. The number of halogens is 1. The third-order valence-electron chi connectivity index (χ3n) is 1.26. The minimum atomic E-state index is -3.12. The monoisotopic (exact) mass is 207 g/mol. The summed E-state index contributed by atoms with van der Waals surface area (Å²) < 4.78 is 65.7. The highest BCUT2D eigenvalue weighted by atomic mass is 35.5. The fraction of sp³-hybridized carbons (Fsp3) is 0.500. The molecular formula is C8H10ClN3O. The van der Waals surface area contributed by atoms with Gasteiger partial charge in [0.15, 0.2) is 11.0 Å². The molecule has 1 aromatic rings. The fourth-order valence-corrected chi connectivity index (χ4v) is 0.834.